The van der Waals surface area contributed by atoms with Gasteiger partial charge in [-0.2, -0.15) is 0 Å². The molecular weight excluding hydrogens is 320 g/mol. The Morgan fingerprint density at radius 1 is 1.16 bits per heavy atom. The average molecular weight is 343 g/mol. The Morgan fingerprint density at radius 3 is 2.36 bits per heavy atom. The smallest absolute Gasteiger partial charge is 0.398 e. The van der Waals surface area contributed by atoms with E-state index < -0.39 is 24.0 Å². The molecule has 2 heterocycles. The van der Waals surface area contributed by atoms with Crippen molar-refractivity contribution in [2.24, 2.45) is 0 Å². The summed E-state index contributed by atoms with van der Waals surface area (Å²) in [7, 11) is -1.02. The number of halogens is 1. The van der Waals surface area contributed by atoms with Gasteiger partial charge in [-0.05, 0) is 46.3 Å². The van der Waals surface area contributed by atoms with Gasteiger partial charge in [0.2, 0.25) is 0 Å². The summed E-state index contributed by atoms with van der Waals surface area (Å²) < 4.78 is 27.6. The molecule has 0 radical (unpaired) electrons. The van der Waals surface area contributed by atoms with Crippen LogP contribution in [0.2, 0.25) is 0 Å². The van der Waals surface area contributed by atoms with Crippen LogP contribution in [-0.2, 0) is 15.9 Å². The maximum absolute atomic E-state index is 14.5. The zero-order valence-corrected chi connectivity index (χ0v) is 15.3. The van der Waals surface area contributed by atoms with Gasteiger partial charge in [0, 0.05) is 0 Å². The van der Waals surface area contributed by atoms with E-state index in [4.69, 9.17) is 9.31 Å². The summed E-state index contributed by atoms with van der Waals surface area (Å²) in [5.74, 6) is 0. The van der Waals surface area contributed by atoms with E-state index in [0.29, 0.717) is 12.2 Å². The van der Waals surface area contributed by atoms with Crippen molar-refractivity contribution in [1.82, 2.24) is 15.0 Å². The SMILES string of the molecule is Cc1ccc(Cn2cc(C=C(F)B3OC(C)(C)C(C)(C)O3)nn2)cc1. The van der Waals surface area contributed by atoms with Gasteiger partial charge in [-0.1, -0.05) is 35.0 Å². The van der Waals surface area contributed by atoms with Crippen LogP contribution in [0.4, 0.5) is 4.39 Å². The predicted molar refractivity (Wildman–Crippen MR) is 95.5 cm³/mol. The van der Waals surface area contributed by atoms with Crippen molar-refractivity contribution in [2.75, 3.05) is 0 Å². The first-order valence-corrected chi connectivity index (χ1v) is 8.35. The molecule has 0 unspecified atom stereocenters. The minimum Gasteiger partial charge on any atom is -0.398 e. The fraction of sp³-hybridized carbons (Fsp3) is 0.444. The Labute approximate surface area is 148 Å². The molecule has 0 saturated carbocycles. The number of benzene rings is 1. The van der Waals surface area contributed by atoms with E-state index in [1.54, 1.807) is 10.9 Å². The minimum atomic E-state index is -1.02. The van der Waals surface area contributed by atoms with Crippen LogP contribution in [0, 0.1) is 6.92 Å². The normalized spacial score (nSPS) is 19.4. The lowest BCUT2D eigenvalue weighted by atomic mass is 9.87. The second-order valence-electron chi connectivity index (χ2n) is 7.44. The molecule has 0 N–H and O–H groups in total. The van der Waals surface area contributed by atoms with Crippen LogP contribution >= 0.6 is 0 Å². The number of nitrogens with zero attached hydrogens (tertiary/aromatic N) is 3. The first-order chi connectivity index (χ1) is 11.7. The third kappa shape index (κ3) is 3.83. The fourth-order valence-corrected chi connectivity index (χ4v) is 2.50. The van der Waals surface area contributed by atoms with Gasteiger partial charge in [0.25, 0.3) is 0 Å². The van der Waals surface area contributed by atoms with Gasteiger partial charge in [0.1, 0.15) is 11.4 Å². The Bertz CT molecular complexity index is 768. The van der Waals surface area contributed by atoms with Crippen LogP contribution in [-0.4, -0.2) is 33.3 Å². The van der Waals surface area contributed by atoms with Crippen molar-refractivity contribution in [2.45, 2.75) is 52.4 Å². The van der Waals surface area contributed by atoms with Gasteiger partial charge in [-0.25, -0.2) is 9.07 Å². The number of hydrogen-bond acceptors (Lipinski definition) is 4. The largest absolute Gasteiger partial charge is 0.525 e. The molecule has 0 atom stereocenters. The minimum absolute atomic E-state index is 0.430. The van der Waals surface area contributed by atoms with Gasteiger partial charge in [-0.15, -0.1) is 5.10 Å². The molecule has 1 aromatic heterocycles. The molecule has 0 bridgehead atoms. The Balaban J connectivity index is 1.70. The van der Waals surface area contributed by atoms with E-state index in [1.807, 2.05) is 58.9 Å². The topological polar surface area (TPSA) is 49.2 Å². The fourth-order valence-electron chi connectivity index (χ4n) is 2.50. The van der Waals surface area contributed by atoms with Gasteiger partial charge >= 0.3 is 7.12 Å². The Kier molecular flexibility index (Phi) is 4.55. The first kappa shape index (κ1) is 17.8. The first-order valence-electron chi connectivity index (χ1n) is 8.35. The average Bonchev–Trinajstić information content (AvgIpc) is 3.03. The summed E-state index contributed by atoms with van der Waals surface area (Å²) in [6.45, 7) is 10.2. The molecule has 5 nitrogen and oxygen atoms in total. The summed E-state index contributed by atoms with van der Waals surface area (Å²) in [6, 6.07) is 8.17. The van der Waals surface area contributed by atoms with E-state index in [0.717, 1.165) is 5.56 Å². The molecule has 7 heteroatoms. The van der Waals surface area contributed by atoms with Gasteiger partial charge < -0.3 is 9.31 Å². The lowest BCUT2D eigenvalue weighted by molar-refractivity contribution is 0.00578. The third-order valence-corrected chi connectivity index (χ3v) is 4.79. The molecular formula is C18H23BFN3O2. The van der Waals surface area contributed by atoms with E-state index in [1.165, 1.54) is 11.6 Å². The molecule has 1 aliphatic rings. The monoisotopic (exact) mass is 343 g/mol. The van der Waals surface area contributed by atoms with Crippen LogP contribution in [0.1, 0.15) is 44.5 Å². The number of aryl methyl sites for hydroxylation is 1. The second-order valence-corrected chi connectivity index (χ2v) is 7.44. The number of hydrogen-bond donors (Lipinski definition) is 0. The highest BCUT2D eigenvalue weighted by atomic mass is 19.1. The van der Waals surface area contributed by atoms with Crippen molar-refractivity contribution in [3.05, 3.63) is 53.0 Å². The molecule has 1 aliphatic heterocycles. The highest BCUT2D eigenvalue weighted by molar-refractivity contribution is 6.54. The molecule has 1 fully saturated rings. The van der Waals surface area contributed by atoms with E-state index >= 15 is 0 Å². The van der Waals surface area contributed by atoms with Crippen LogP contribution in [0.5, 0.6) is 0 Å². The molecule has 1 saturated heterocycles. The zero-order chi connectivity index (χ0) is 18.2. The molecule has 132 valence electrons. The van der Waals surface area contributed by atoms with Gasteiger partial charge in [-0.3, -0.25) is 0 Å². The highest BCUT2D eigenvalue weighted by Gasteiger charge is 2.53. The molecule has 0 spiro atoms. The molecule has 0 aliphatic carbocycles. The standard InChI is InChI=1S/C18H23BFN3O2/c1-13-6-8-14(9-7-13)11-23-12-15(21-22-23)10-16(20)19-24-17(2,3)18(4,5)25-19/h6-10,12H,11H2,1-5H3. The predicted octanol–water partition coefficient (Wildman–Crippen LogP) is 3.58. The maximum atomic E-state index is 14.5. The molecule has 1 aromatic carbocycles. The summed E-state index contributed by atoms with van der Waals surface area (Å²) >= 11 is 0. The second kappa shape index (κ2) is 6.39. The van der Waals surface area contributed by atoms with Gasteiger partial charge in [0.05, 0.1) is 23.9 Å². The van der Waals surface area contributed by atoms with E-state index in [2.05, 4.69) is 10.3 Å². The van der Waals surface area contributed by atoms with Crippen molar-refractivity contribution < 1.29 is 13.7 Å². The van der Waals surface area contributed by atoms with Crippen LogP contribution in [0.3, 0.4) is 0 Å². The van der Waals surface area contributed by atoms with E-state index in [9.17, 15) is 4.39 Å². The molecule has 0 amide bonds. The summed E-state index contributed by atoms with van der Waals surface area (Å²) in [4.78, 5) is 0. The Morgan fingerprint density at radius 2 is 1.76 bits per heavy atom. The number of rotatable bonds is 4. The molecule has 3 rings (SSSR count). The van der Waals surface area contributed by atoms with Gasteiger partial charge in [0.15, 0.2) is 0 Å². The number of aromatic nitrogens is 3. The maximum Gasteiger partial charge on any atom is 0.525 e. The summed E-state index contributed by atoms with van der Waals surface area (Å²) in [6.07, 6.45) is 3.01. The highest BCUT2D eigenvalue weighted by Crippen LogP contribution is 2.38. The van der Waals surface area contributed by atoms with Crippen LogP contribution in [0.25, 0.3) is 6.08 Å². The van der Waals surface area contributed by atoms with Crippen molar-refractivity contribution in [3.63, 3.8) is 0 Å². The molecule has 25 heavy (non-hydrogen) atoms. The Hall–Kier alpha value is -1.99. The quantitative estimate of drug-likeness (QED) is 0.797. The van der Waals surface area contributed by atoms with Crippen molar-refractivity contribution in [3.8, 4) is 0 Å². The summed E-state index contributed by atoms with van der Waals surface area (Å²) in [5.41, 5.74) is 1.07. The third-order valence-electron chi connectivity index (χ3n) is 4.79. The van der Waals surface area contributed by atoms with Crippen LogP contribution in [0.15, 0.2) is 36.2 Å². The van der Waals surface area contributed by atoms with Crippen molar-refractivity contribution >= 4 is 13.2 Å². The van der Waals surface area contributed by atoms with Crippen LogP contribution < -0.4 is 0 Å². The van der Waals surface area contributed by atoms with E-state index in [-0.39, 0.29) is 0 Å². The molecule has 2 aromatic rings. The van der Waals surface area contributed by atoms with Crippen molar-refractivity contribution in [1.29, 1.82) is 0 Å². The zero-order valence-electron chi connectivity index (χ0n) is 15.3. The lowest BCUT2D eigenvalue weighted by Crippen LogP contribution is -2.41. The lowest BCUT2D eigenvalue weighted by Gasteiger charge is -2.32. The summed E-state index contributed by atoms with van der Waals surface area (Å²) in [5, 5.41) is 8.04.